The third-order valence-corrected chi connectivity index (χ3v) is 3.76. The van der Waals surface area contributed by atoms with E-state index in [4.69, 9.17) is 14.2 Å². The van der Waals surface area contributed by atoms with Crippen molar-refractivity contribution < 1.29 is 14.2 Å². The topological polar surface area (TPSA) is 78.4 Å². The number of hydrogen-bond donors (Lipinski definition) is 1. The Bertz CT molecular complexity index is 660. The van der Waals surface area contributed by atoms with Crippen molar-refractivity contribution in [2.45, 2.75) is 18.9 Å². The van der Waals surface area contributed by atoms with E-state index in [1.165, 1.54) is 0 Å². The normalized spacial score (nSPS) is 17.0. The lowest BCUT2D eigenvalue weighted by Crippen LogP contribution is -2.19. The van der Waals surface area contributed by atoms with Gasteiger partial charge in [0.05, 0.1) is 32.2 Å². The Morgan fingerprint density at radius 3 is 2.96 bits per heavy atom. The minimum absolute atomic E-state index is 0.220. The van der Waals surface area contributed by atoms with Crippen molar-refractivity contribution >= 4 is 5.95 Å². The van der Waals surface area contributed by atoms with Crippen LogP contribution in [0.1, 0.15) is 12.8 Å². The average Bonchev–Trinajstić information content (AvgIpc) is 3.13. The molecule has 7 heteroatoms. The fourth-order valence-electron chi connectivity index (χ4n) is 2.53. The van der Waals surface area contributed by atoms with Gasteiger partial charge in [0.2, 0.25) is 5.95 Å². The maximum absolute atomic E-state index is 5.58. The molecule has 1 aromatic carbocycles. The van der Waals surface area contributed by atoms with Crippen LogP contribution in [0.4, 0.5) is 5.95 Å². The van der Waals surface area contributed by atoms with Crippen molar-refractivity contribution in [1.82, 2.24) is 15.2 Å². The van der Waals surface area contributed by atoms with Crippen molar-refractivity contribution in [3.05, 3.63) is 24.4 Å². The van der Waals surface area contributed by atoms with Crippen LogP contribution in [0.5, 0.6) is 11.5 Å². The van der Waals surface area contributed by atoms with Crippen LogP contribution in [0.25, 0.3) is 11.3 Å². The van der Waals surface area contributed by atoms with E-state index in [0.29, 0.717) is 23.9 Å². The van der Waals surface area contributed by atoms with Gasteiger partial charge in [-0.1, -0.05) is 0 Å². The second-order valence-electron chi connectivity index (χ2n) is 5.25. The number of nitrogens with zero attached hydrogens (tertiary/aromatic N) is 3. The molecule has 0 bridgehead atoms. The predicted molar refractivity (Wildman–Crippen MR) is 85.8 cm³/mol. The van der Waals surface area contributed by atoms with Crippen LogP contribution in [0.15, 0.2) is 24.4 Å². The largest absolute Gasteiger partial charge is 0.497 e. The molecule has 2 heterocycles. The molecule has 1 fully saturated rings. The molecule has 1 saturated heterocycles. The highest BCUT2D eigenvalue weighted by molar-refractivity contribution is 5.68. The summed E-state index contributed by atoms with van der Waals surface area (Å²) < 4.78 is 16.2. The van der Waals surface area contributed by atoms with Crippen molar-refractivity contribution in [3.63, 3.8) is 0 Å². The third kappa shape index (κ3) is 3.68. The second-order valence-corrected chi connectivity index (χ2v) is 5.25. The van der Waals surface area contributed by atoms with E-state index < -0.39 is 0 Å². The molecule has 0 unspecified atom stereocenters. The highest BCUT2D eigenvalue weighted by atomic mass is 16.5. The van der Waals surface area contributed by atoms with E-state index in [0.717, 1.165) is 30.8 Å². The fourth-order valence-corrected chi connectivity index (χ4v) is 2.53. The Balaban J connectivity index is 1.78. The highest BCUT2D eigenvalue weighted by Crippen LogP contribution is 2.32. The molecule has 0 radical (unpaired) electrons. The third-order valence-electron chi connectivity index (χ3n) is 3.76. The van der Waals surface area contributed by atoms with E-state index in [2.05, 4.69) is 20.5 Å². The van der Waals surface area contributed by atoms with Crippen LogP contribution < -0.4 is 14.8 Å². The van der Waals surface area contributed by atoms with Gasteiger partial charge >= 0.3 is 0 Å². The molecule has 1 aliphatic rings. The van der Waals surface area contributed by atoms with E-state index in [1.54, 1.807) is 20.4 Å². The lowest BCUT2D eigenvalue weighted by atomic mass is 10.1. The minimum atomic E-state index is 0.220. The molecule has 0 amide bonds. The van der Waals surface area contributed by atoms with E-state index in [9.17, 15) is 0 Å². The lowest BCUT2D eigenvalue weighted by molar-refractivity contribution is 0.120. The van der Waals surface area contributed by atoms with Crippen LogP contribution in [-0.2, 0) is 4.74 Å². The first kappa shape index (κ1) is 15.5. The molecule has 0 spiro atoms. The van der Waals surface area contributed by atoms with Crippen LogP contribution in [-0.4, -0.2) is 48.7 Å². The summed E-state index contributed by atoms with van der Waals surface area (Å²) in [5.74, 6) is 1.88. The maximum atomic E-state index is 5.58. The van der Waals surface area contributed by atoms with Crippen molar-refractivity contribution in [3.8, 4) is 22.8 Å². The van der Waals surface area contributed by atoms with Gasteiger partial charge < -0.3 is 19.5 Å². The van der Waals surface area contributed by atoms with Crippen LogP contribution in [0, 0.1) is 0 Å². The van der Waals surface area contributed by atoms with Gasteiger partial charge in [-0.15, -0.1) is 5.10 Å². The highest BCUT2D eigenvalue weighted by Gasteiger charge is 2.16. The number of hydrogen-bond acceptors (Lipinski definition) is 7. The monoisotopic (exact) mass is 316 g/mol. The summed E-state index contributed by atoms with van der Waals surface area (Å²) in [5, 5.41) is 11.2. The quantitative estimate of drug-likeness (QED) is 0.874. The number of aromatic nitrogens is 3. The predicted octanol–water partition coefficient (Wildman–Crippen LogP) is 2.15. The average molecular weight is 316 g/mol. The number of rotatable bonds is 6. The van der Waals surface area contributed by atoms with Gasteiger partial charge in [0.25, 0.3) is 0 Å². The molecule has 23 heavy (non-hydrogen) atoms. The summed E-state index contributed by atoms with van der Waals surface area (Å²) in [6, 6.07) is 5.57. The van der Waals surface area contributed by atoms with Crippen LogP contribution >= 0.6 is 0 Å². The van der Waals surface area contributed by atoms with E-state index in [1.807, 2.05) is 18.2 Å². The maximum Gasteiger partial charge on any atom is 0.243 e. The zero-order valence-electron chi connectivity index (χ0n) is 13.3. The molecule has 1 N–H and O–H groups in total. The van der Waals surface area contributed by atoms with Gasteiger partial charge in [-0.3, -0.25) is 0 Å². The number of anilines is 1. The van der Waals surface area contributed by atoms with Crippen molar-refractivity contribution in [1.29, 1.82) is 0 Å². The van der Waals surface area contributed by atoms with Crippen molar-refractivity contribution in [2.75, 3.05) is 32.7 Å². The first-order valence-electron chi connectivity index (χ1n) is 7.57. The molecule has 1 atom stereocenters. The second kappa shape index (κ2) is 7.23. The molecule has 122 valence electrons. The molecular formula is C16H20N4O3. The molecule has 2 aromatic rings. The molecule has 3 rings (SSSR count). The number of ether oxygens (including phenoxy) is 3. The molecule has 0 saturated carbocycles. The minimum Gasteiger partial charge on any atom is -0.497 e. The first-order chi connectivity index (χ1) is 11.3. The van der Waals surface area contributed by atoms with Gasteiger partial charge in [-0.2, -0.15) is 5.10 Å². The fraction of sp³-hybridized carbons (Fsp3) is 0.438. The first-order valence-corrected chi connectivity index (χ1v) is 7.57. The summed E-state index contributed by atoms with van der Waals surface area (Å²) in [4.78, 5) is 4.51. The van der Waals surface area contributed by atoms with Gasteiger partial charge in [0, 0.05) is 24.8 Å². The SMILES string of the molecule is COc1ccc(-c2cnnc(NC[C@H]3CCCO3)n2)c(OC)c1. The van der Waals surface area contributed by atoms with Crippen LogP contribution in [0.3, 0.4) is 0 Å². The summed E-state index contributed by atoms with van der Waals surface area (Å²) in [6.45, 7) is 1.51. The number of methoxy groups -OCH3 is 2. The summed E-state index contributed by atoms with van der Waals surface area (Å²) in [6.07, 6.45) is 4.00. The molecule has 1 aliphatic heterocycles. The number of nitrogens with one attached hydrogen (secondary N) is 1. The molecule has 1 aromatic heterocycles. The Kier molecular flexibility index (Phi) is 4.87. The Morgan fingerprint density at radius 1 is 1.30 bits per heavy atom. The van der Waals surface area contributed by atoms with Gasteiger partial charge in [-0.05, 0) is 25.0 Å². The molecule has 0 aliphatic carbocycles. The van der Waals surface area contributed by atoms with Gasteiger partial charge in [0.15, 0.2) is 0 Å². The smallest absolute Gasteiger partial charge is 0.243 e. The Morgan fingerprint density at radius 2 is 2.22 bits per heavy atom. The van der Waals surface area contributed by atoms with E-state index >= 15 is 0 Å². The Labute approximate surface area is 135 Å². The van der Waals surface area contributed by atoms with Gasteiger partial charge in [0.1, 0.15) is 11.5 Å². The van der Waals surface area contributed by atoms with E-state index in [-0.39, 0.29) is 6.10 Å². The number of benzene rings is 1. The zero-order valence-corrected chi connectivity index (χ0v) is 13.3. The standard InChI is InChI=1S/C16H20N4O3/c1-21-11-5-6-13(15(8-11)22-2)14-10-18-20-16(19-14)17-9-12-4-3-7-23-12/h5-6,8,10,12H,3-4,7,9H2,1-2H3,(H,17,19,20)/t12-/m1/s1. The van der Waals surface area contributed by atoms with Gasteiger partial charge in [-0.25, -0.2) is 4.98 Å². The Hall–Kier alpha value is -2.41. The van der Waals surface area contributed by atoms with Crippen LogP contribution in [0.2, 0.25) is 0 Å². The van der Waals surface area contributed by atoms with Crippen molar-refractivity contribution in [2.24, 2.45) is 0 Å². The molecular weight excluding hydrogens is 296 g/mol. The summed E-state index contributed by atoms with van der Waals surface area (Å²) in [5.41, 5.74) is 1.53. The lowest BCUT2D eigenvalue weighted by Gasteiger charge is -2.12. The molecule has 7 nitrogen and oxygen atoms in total. The zero-order chi connectivity index (χ0) is 16.1. The summed E-state index contributed by atoms with van der Waals surface area (Å²) >= 11 is 0. The summed E-state index contributed by atoms with van der Waals surface area (Å²) in [7, 11) is 3.23.